The van der Waals surface area contributed by atoms with E-state index in [4.69, 9.17) is 4.74 Å². The van der Waals surface area contributed by atoms with Crippen molar-refractivity contribution < 1.29 is 9.53 Å². The van der Waals surface area contributed by atoms with Crippen LogP contribution in [0, 0.1) is 17.8 Å². The van der Waals surface area contributed by atoms with E-state index in [0.29, 0.717) is 19.1 Å². The van der Waals surface area contributed by atoms with Gasteiger partial charge in [0, 0.05) is 12.6 Å². The number of hydrogen-bond donors (Lipinski definition) is 2. The highest BCUT2D eigenvalue weighted by atomic mass is 16.5. The van der Waals surface area contributed by atoms with Crippen LogP contribution in [0.15, 0.2) is 0 Å². The molecule has 1 saturated heterocycles. The van der Waals surface area contributed by atoms with Crippen LogP contribution in [0.1, 0.15) is 39.5 Å². The molecule has 0 spiro atoms. The van der Waals surface area contributed by atoms with E-state index < -0.39 is 0 Å². The highest BCUT2D eigenvalue weighted by Gasteiger charge is 2.34. The molecule has 1 heterocycles. The summed E-state index contributed by atoms with van der Waals surface area (Å²) < 4.78 is 5.45. The van der Waals surface area contributed by atoms with Crippen LogP contribution >= 0.6 is 0 Å². The molecule has 1 aliphatic carbocycles. The zero-order valence-corrected chi connectivity index (χ0v) is 12.3. The lowest BCUT2D eigenvalue weighted by Gasteiger charge is -2.19. The van der Waals surface area contributed by atoms with E-state index in [1.54, 1.807) is 0 Å². The molecule has 2 N–H and O–H groups in total. The van der Waals surface area contributed by atoms with Gasteiger partial charge in [-0.3, -0.25) is 4.79 Å². The van der Waals surface area contributed by atoms with Crippen LogP contribution in [0.2, 0.25) is 0 Å². The molecular formula is C15H28N2O2. The summed E-state index contributed by atoms with van der Waals surface area (Å²) in [6.45, 7) is 7.47. The molecule has 4 heteroatoms. The summed E-state index contributed by atoms with van der Waals surface area (Å²) in [6.07, 6.45) is 4.93. The van der Waals surface area contributed by atoms with Crippen LogP contribution in [0.5, 0.6) is 0 Å². The van der Waals surface area contributed by atoms with Crippen molar-refractivity contribution in [3.63, 3.8) is 0 Å². The van der Waals surface area contributed by atoms with E-state index in [9.17, 15) is 4.79 Å². The zero-order valence-electron chi connectivity index (χ0n) is 12.3. The van der Waals surface area contributed by atoms with Gasteiger partial charge < -0.3 is 15.4 Å². The first kappa shape index (κ1) is 14.8. The van der Waals surface area contributed by atoms with Crippen molar-refractivity contribution in [3.8, 4) is 0 Å². The molecule has 110 valence electrons. The molecule has 2 rings (SSSR count). The van der Waals surface area contributed by atoms with Gasteiger partial charge in [-0.1, -0.05) is 20.3 Å². The predicted molar refractivity (Wildman–Crippen MR) is 75.9 cm³/mol. The van der Waals surface area contributed by atoms with E-state index in [0.717, 1.165) is 25.4 Å². The number of carbonyl (C=O) groups is 1. The third-order valence-corrected chi connectivity index (χ3v) is 4.44. The van der Waals surface area contributed by atoms with E-state index in [2.05, 4.69) is 24.5 Å². The van der Waals surface area contributed by atoms with Gasteiger partial charge in [0.25, 0.3) is 0 Å². The van der Waals surface area contributed by atoms with Gasteiger partial charge in [0.1, 0.15) is 0 Å². The maximum Gasteiger partial charge on any atom is 0.227 e. The number of amides is 1. The summed E-state index contributed by atoms with van der Waals surface area (Å²) in [7, 11) is 0. The lowest BCUT2D eigenvalue weighted by Crippen LogP contribution is -2.45. The van der Waals surface area contributed by atoms with E-state index >= 15 is 0 Å². The SMILES string of the molecule is CCCNC1COCC1C(=O)NCC1CCC(C)C1. The maximum atomic E-state index is 12.2. The van der Waals surface area contributed by atoms with Crippen LogP contribution in [0.3, 0.4) is 0 Å². The Kier molecular flexibility index (Phi) is 5.64. The van der Waals surface area contributed by atoms with E-state index in [1.807, 2.05) is 0 Å². The Balaban J connectivity index is 1.72. The average Bonchev–Trinajstić information content (AvgIpc) is 3.02. The standard InChI is InChI=1S/C15H28N2O2/c1-3-6-16-14-10-19-9-13(14)15(18)17-8-12-5-4-11(2)7-12/h11-14,16H,3-10H2,1-2H3,(H,17,18). The summed E-state index contributed by atoms with van der Waals surface area (Å²) in [5.41, 5.74) is 0. The molecule has 0 radical (unpaired) electrons. The van der Waals surface area contributed by atoms with Crippen LogP contribution in [0.25, 0.3) is 0 Å². The number of ether oxygens (including phenoxy) is 1. The predicted octanol–water partition coefficient (Wildman–Crippen LogP) is 1.55. The lowest BCUT2D eigenvalue weighted by molar-refractivity contribution is -0.125. The van der Waals surface area contributed by atoms with E-state index in [-0.39, 0.29) is 17.9 Å². The Labute approximate surface area is 116 Å². The second-order valence-electron chi connectivity index (χ2n) is 6.23. The summed E-state index contributed by atoms with van der Waals surface area (Å²) in [6, 6.07) is 0.197. The minimum absolute atomic E-state index is 0.00891. The van der Waals surface area contributed by atoms with Crippen molar-refractivity contribution in [1.82, 2.24) is 10.6 Å². The summed E-state index contributed by atoms with van der Waals surface area (Å²) in [5.74, 6) is 1.68. The van der Waals surface area contributed by atoms with Crippen molar-refractivity contribution in [1.29, 1.82) is 0 Å². The summed E-state index contributed by atoms with van der Waals surface area (Å²) in [4.78, 5) is 12.2. The molecule has 1 saturated carbocycles. The number of hydrogen-bond acceptors (Lipinski definition) is 3. The number of rotatable bonds is 6. The van der Waals surface area contributed by atoms with Crippen molar-refractivity contribution in [2.75, 3.05) is 26.3 Å². The molecule has 0 aromatic rings. The number of nitrogens with one attached hydrogen (secondary N) is 2. The van der Waals surface area contributed by atoms with Crippen molar-refractivity contribution >= 4 is 5.91 Å². The molecule has 1 amide bonds. The van der Waals surface area contributed by atoms with Crippen LogP contribution < -0.4 is 10.6 Å². The molecule has 0 aromatic heterocycles. The normalized spacial score (nSPS) is 34.6. The van der Waals surface area contributed by atoms with Gasteiger partial charge in [-0.25, -0.2) is 0 Å². The van der Waals surface area contributed by atoms with Gasteiger partial charge in [-0.15, -0.1) is 0 Å². The van der Waals surface area contributed by atoms with Crippen LogP contribution in [0.4, 0.5) is 0 Å². The molecule has 4 nitrogen and oxygen atoms in total. The Hall–Kier alpha value is -0.610. The fraction of sp³-hybridized carbons (Fsp3) is 0.933. The van der Waals surface area contributed by atoms with Gasteiger partial charge >= 0.3 is 0 Å². The second kappa shape index (κ2) is 7.25. The highest BCUT2D eigenvalue weighted by molar-refractivity contribution is 5.79. The summed E-state index contributed by atoms with van der Waals surface area (Å²) in [5, 5.41) is 6.55. The second-order valence-corrected chi connectivity index (χ2v) is 6.23. The average molecular weight is 268 g/mol. The molecule has 0 bridgehead atoms. The van der Waals surface area contributed by atoms with E-state index in [1.165, 1.54) is 19.3 Å². The van der Waals surface area contributed by atoms with Gasteiger partial charge in [0.15, 0.2) is 0 Å². The molecule has 1 aliphatic heterocycles. The lowest BCUT2D eigenvalue weighted by atomic mass is 10.0. The largest absolute Gasteiger partial charge is 0.379 e. The molecule has 4 unspecified atom stereocenters. The minimum Gasteiger partial charge on any atom is -0.379 e. The topological polar surface area (TPSA) is 50.4 Å². The molecule has 19 heavy (non-hydrogen) atoms. The molecule has 2 fully saturated rings. The van der Waals surface area contributed by atoms with Gasteiger partial charge in [0.05, 0.1) is 19.1 Å². The van der Waals surface area contributed by atoms with Crippen molar-refractivity contribution in [2.24, 2.45) is 17.8 Å². The number of carbonyl (C=O) groups excluding carboxylic acids is 1. The van der Waals surface area contributed by atoms with Gasteiger partial charge in [-0.2, -0.15) is 0 Å². The Morgan fingerprint density at radius 3 is 2.84 bits per heavy atom. The molecule has 0 aromatic carbocycles. The quantitative estimate of drug-likeness (QED) is 0.768. The van der Waals surface area contributed by atoms with Gasteiger partial charge in [-0.05, 0) is 37.6 Å². The third-order valence-electron chi connectivity index (χ3n) is 4.44. The first-order valence-corrected chi connectivity index (χ1v) is 7.79. The fourth-order valence-corrected chi connectivity index (χ4v) is 3.23. The summed E-state index contributed by atoms with van der Waals surface area (Å²) >= 11 is 0. The van der Waals surface area contributed by atoms with Crippen LogP contribution in [-0.2, 0) is 9.53 Å². The first-order chi connectivity index (χ1) is 9.20. The highest BCUT2D eigenvalue weighted by Crippen LogP contribution is 2.29. The molecule has 2 aliphatic rings. The van der Waals surface area contributed by atoms with Gasteiger partial charge in [0.2, 0.25) is 5.91 Å². The molecular weight excluding hydrogens is 240 g/mol. The van der Waals surface area contributed by atoms with Crippen molar-refractivity contribution in [2.45, 2.75) is 45.6 Å². The Morgan fingerprint density at radius 2 is 2.16 bits per heavy atom. The minimum atomic E-state index is -0.00891. The Morgan fingerprint density at radius 1 is 1.32 bits per heavy atom. The zero-order chi connectivity index (χ0) is 13.7. The Bertz CT molecular complexity index is 296. The first-order valence-electron chi connectivity index (χ1n) is 7.79. The fourth-order valence-electron chi connectivity index (χ4n) is 3.23. The van der Waals surface area contributed by atoms with Crippen molar-refractivity contribution in [3.05, 3.63) is 0 Å². The smallest absolute Gasteiger partial charge is 0.227 e. The molecule has 4 atom stereocenters. The van der Waals surface area contributed by atoms with Crippen LogP contribution in [-0.4, -0.2) is 38.3 Å². The monoisotopic (exact) mass is 268 g/mol. The third kappa shape index (κ3) is 4.18. The maximum absolute atomic E-state index is 12.2.